The normalized spacial score (nSPS) is 9.73. The molecule has 0 bridgehead atoms. The Bertz CT molecular complexity index is 400. The number of rotatable bonds is 3. The van der Waals surface area contributed by atoms with Crippen LogP contribution < -0.4 is 0 Å². The lowest BCUT2D eigenvalue weighted by Gasteiger charge is -2.06. The Morgan fingerprint density at radius 1 is 1.47 bits per heavy atom. The zero-order chi connectivity index (χ0) is 11.4. The molecule has 0 saturated heterocycles. The lowest BCUT2D eigenvalue weighted by atomic mass is 10.1. The number of benzene rings is 1. The van der Waals surface area contributed by atoms with Crippen LogP contribution in [0.5, 0.6) is 0 Å². The monoisotopic (exact) mass is 226 g/mol. The van der Waals surface area contributed by atoms with Crippen LogP contribution in [-0.2, 0) is 16.0 Å². The Kier molecular flexibility index (Phi) is 3.74. The van der Waals surface area contributed by atoms with Crippen molar-refractivity contribution in [3.63, 3.8) is 0 Å². The molecule has 0 heterocycles. The summed E-state index contributed by atoms with van der Waals surface area (Å²) < 4.78 is 4.54. The Morgan fingerprint density at radius 3 is 2.67 bits per heavy atom. The number of hydrogen-bond acceptors (Lipinski definition) is 4. The van der Waals surface area contributed by atoms with E-state index in [1.165, 1.54) is 7.11 Å². The summed E-state index contributed by atoms with van der Waals surface area (Å²) in [5, 5.41) is 8.63. The second-order valence-corrected chi connectivity index (χ2v) is 3.32. The molecule has 0 atom stereocenters. The smallest absolute Gasteiger partial charge is 0.338 e. The molecule has 1 aromatic carbocycles. The Morgan fingerprint density at radius 2 is 2.13 bits per heavy atom. The van der Waals surface area contributed by atoms with Gasteiger partial charge in [-0.3, -0.25) is 4.79 Å². The van der Waals surface area contributed by atoms with Gasteiger partial charge in [-0.1, -0.05) is 12.1 Å². The minimum Gasteiger partial charge on any atom is -0.481 e. The van der Waals surface area contributed by atoms with E-state index < -0.39 is 11.9 Å². The highest BCUT2D eigenvalue weighted by Gasteiger charge is 2.13. The van der Waals surface area contributed by atoms with Crippen LogP contribution in [0.4, 0.5) is 0 Å². The molecule has 1 N–H and O–H groups in total. The second-order valence-electron chi connectivity index (χ2n) is 2.88. The fraction of sp³-hybridized carbons (Fsp3) is 0.200. The highest BCUT2D eigenvalue weighted by molar-refractivity contribution is 7.80. The molecule has 1 aromatic rings. The number of thiol groups is 1. The molecule has 0 spiro atoms. The van der Waals surface area contributed by atoms with Crippen molar-refractivity contribution in [2.45, 2.75) is 11.3 Å². The van der Waals surface area contributed by atoms with Gasteiger partial charge in [0.15, 0.2) is 0 Å². The van der Waals surface area contributed by atoms with Gasteiger partial charge in [0.05, 0.1) is 19.1 Å². The summed E-state index contributed by atoms with van der Waals surface area (Å²) in [5.74, 6) is -1.49. The van der Waals surface area contributed by atoms with Gasteiger partial charge in [0.25, 0.3) is 0 Å². The van der Waals surface area contributed by atoms with Crippen molar-refractivity contribution in [1.29, 1.82) is 0 Å². The Labute approximate surface area is 92.3 Å². The number of esters is 1. The third kappa shape index (κ3) is 2.73. The maximum absolute atomic E-state index is 11.3. The first-order chi connectivity index (χ1) is 7.06. The fourth-order valence-corrected chi connectivity index (χ4v) is 1.49. The van der Waals surface area contributed by atoms with Gasteiger partial charge in [0.2, 0.25) is 0 Å². The highest BCUT2D eigenvalue weighted by atomic mass is 32.1. The van der Waals surface area contributed by atoms with Gasteiger partial charge in [-0.2, -0.15) is 0 Å². The topological polar surface area (TPSA) is 63.6 Å². The van der Waals surface area contributed by atoms with Crippen molar-refractivity contribution in [2.24, 2.45) is 0 Å². The number of carbonyl (C=O) groups excluding carboxylic acids is 1. The summed E-state index contributed by atoms with van der Waals surface area (Å²) in [5.41, 5.74) is 0.772. The average molecular weight is 226 g/mol. The van der Waals surface area contributed by atoms with Gasteiger partial charge in [0.1, 0.15) is 0 Å². The van der Waals surface area contributed by atoms with E-state index in [1.54, 1.807) is 18.2 Å². The summed E-state index contributed by atoms with van der Waals surface area (Å²) in [6.07, 6.45) is -0.163. The molecule has 0 amide bonds. The third-order valence-electron chi connectivity index (χ3n) is 1.87. The van der Waals surface area contributed by atoms with Gasteiger partial charge in [-0.15, -0.1) is 12.6 Å². The maximum Gasteiger partial charge on any atom is 0.338 e. The molecule has 5 heteroatoms. The van der Waals surface area contributed by atoms with Crippen LogP contribution in [0, 0.1) is 0 Å². The number of carbonyl (C=O) groups is 2. The molecular weight excluding hydrogens is 216 g/mol. The third-order valence-corrected chi connectivity index (χ3v) is 2.39. The molecule has 0 saturated carbocycles. The molecule has 0 aliphatic rings. The van der Waals surface area contributed by atoms with E-state index in [4.69, 9.17) is 5.11 Å². The van der Waals surface area contributed by atoms with E-state index >= 15 is 0 Å². The first-order valence-corrected chi connectivity index (χ1v) is 4.62. The van der Waals surface area contributed by atoms with E-state index in [9.17, 15) is 9.59 Å². The number of methoxy groups -OCH3 is 1. The van der Waals surface area contributed by atoms with Crippen LogP contribution in [0.2, 0.25) is 0 Å². The second kappa shape index (κ2) is 4.84. The zero-order valence-electron chi connectivity index (χ0n) is 8.06. The van der Waals surface area contributed by atoms with Gasteiger partial charge < -0.3 is 9.84 Å². The number of ether oxygens (including phenoxy) is 1. The van der Waals surface area contributed by atoms with E-state index in [0.29, 0.717) is 10.5 Å². The molecule has 1 rings (SSSR count). The molecule has 4 nitrogen and oxygen atoms in total. The minimum absolute atomic E-state index is 0.163. The van der Waals surface area contributed by atoms with Crippen molar-refractivity contribution in [1.82, 2.24) is 0 Å². The largest absolute Gasteiger partial charge is 0.481 e. The molecule has 0 radical (unpaired) electrons. The Balaban J connectivity index is 3.11. The van der Waals surface area contributed by atoms with E-state index in [-0.39, 0.29) is 12.0 Å². The number of carboxylic acid groups (broad SMARTS) is 1. The van der Waals surface area contributed by atoms with Gasteiger partial charge in [-0.25, -0.2) is 4.79 Å². The molecule has 0 aliphatic carbocycles. The number of aliphatic carboxylic acids is 1. The standard InChI is InChI=1S/C10H10O4S/c1-14-10(13)7-4-2-3-6(9(7)15)5-8(11)12/h2-4,15H,5H2,1H3,(H,11,12). The molecule has 15 heavy (non-hydrogen) atoms. The van der Waals surface area contributed by atoms with Crippen LogP contribution >= 0.6 is 12.6 Å². The lowest BCUT2D eigenvalue weighted by molar-refractivity contribution is -0.136. The summed E-state index contributed by atoms with van der Waals surface area (Å²) in [6, 6.07) is 4.76. The molecule has 0 aliphatic heterocycles. The zero-order valence-corrected chi connectivity index (χ0v) is 8.95. The average Bonchev–Trinajstić information content (AvgIpc) is 2.19. The van der Waals surface area contributed by atoms with Crippen LogP contribution in [0.25, 0.3) is 0 Å². The molecular formula is C10H10O4S. The van der Waals surface area contributed by atoms with E-state index in [0.717, 1.165) is 0 Å². The Hall–Kier alpha value is -1.49. The first kappa shape index (κ1) is 11.6. The molecule has 0 unspecified atom stereocenters. The summed E-state index contributed by atoms with van der Waals surface area (Å²) in [6.45, 7) is 0. The van der Waals surface area contributed by atoms with Crippen molar-refractivity contribution < 1.29 is 19.4 Å². The summed E-state index contributed by atoms with van der Waals surface area (Å²) in [4.78, 5) is 22.1. The van der Waals surface area contributed by atoms with Gasteiger partial charge in [0, 0.05) is 4.90 Å². The van der Waals surface area contributed by atoms with Gasteiger partial charge in [-0.05, 0) is 11.6 Å². The van der Waals surface area contributed by atoms with Crippen LogP contribution in [-0.4, -0.2) is 24.2 Å². The van der Waals surface area contributed by atoms with Crippen LogP contribution in [0.1, 0.15) is 15.9 Å². The molecule has 0 aromatic heterocycles. The summed E-state index contributed by atoms with van der Waals surface area (Å²) >= 11 is 4.12. The van der Waals surface area contributed by atoms with E-state index in [2.05, 4.69) is 17.4 Å². The number of hydrogen-bond donors (Lipinski definition) is 2. The fourth-order valence-electron chi connectivity index (χ4n) is 1.17. The highest BCUT2D eigenvalue weighted by Crippen LogP contribution is 2.20. The van der Waals surface area contributed by atoms with Crippen molar-refractivity contribution in [2.75, 3.05) is 7.11 Å². The predicted octanol–water partition coefficient (Wildman–Crippen LogP) is 1.39. The summed E-state index contributed by atoms with van der Waals surface area (Å²) in [7, 11) is 1.26. The van der Waals surface area contributed by atoms with Crippen LogP contribution in [0.3, 0.4) is 0 Å². The van der Waals surface area contributed by atoms with Crippen LogP contribution in [0.15, 0.2) is 23.1 Å². The molecule has 80 valence electrons. The van der Waals surface area contributed by atoms with Crippen molar-refractivity contribution >= 4 is 24.6 Å². The lowest BCUT2D eigenvalue weighted by Crippen LogP contribution is -2.07. The quantitative estimate of drug-likeness (QED) is 0.604. The number of carboxylic acids is 1. The first-order valence-electron chi connectivity index (χ1n) is 4.17. The molecule has 0 fully saturated rings. The van der Waals surface area contributed by atoms with Crippen molar-refractivity contribution in [3.05, 3.63) is 29.3 Å². The minimum atomic E-state index is -0.965. The SMILES string of the molecule is COC(=O)c1cccc(CC(=O)O)c1S. The van der Waals surface area contributed by atoms with Crippen molar-refractivity contribution in [3.8, 4) is 0 Å². The van der Waals surface area contributed by atoms with E-state index in [1.807, 2.05) is 0 Å². The predicted molar refractivity (Wildman–Crippen MR) is 56.4 cm³/mol. The maximum atomic E-state index is 11.3. The van der Waals surface area contributed by atoms with Gasteiger partial charge >= 0.3 is 11.9 Å².